The van der Waals surface area contributed by atoms with Crippen LogP contribution in [-0.4, -0.2) is 9.78 Å². The Morgan fingerprint density at radius 3 is 2.82 bits per heavy atom. The normalized spacial score (nSPS) is 19.3. The molecule has 11 heavy (non-hydrogen) atoms. The van der Waals surface area contributed by atoms with Crippen molar-refractivity contribution in [3.05, 3.63) is 16.0 Å². The standard InChI is InChI=1S/C7H6IN3/c8-6-3-10-11(4-6)7(5-9)1-2-7/h3-4H,1-2H2. The molecule has 0 aliphatic heterocycles. The Kier molecular flexibility index (Phi) is 1.42. The van der Waals surface area contributed by atoms with E-state index in [-0.39, 0.29) is 5.54 Å². The van der Waals surface area contributed by atoms with Gasteiger partial charge >= 0.3 is 0 Å². The van der Waals surface area contributed by atoms with Crippen molar-refractivity contribution in [2.45, 2.75) is 18.4 Å². The predicted molar refractivity (Wildman–Crippen MR) is 47.8 cm³/mol. The van der Waals surface area contributed by atoms with E-state index < -0.39 is 0 Å². The van der Waals surface area contributed by atoms with E-state index in [0.717, 1.165) is 16.4 Å². The molecule has 1 fully saturated rings. The maximum atomic E-state index is 8.81. The molecule has 0 spiro atoms. The second kappa shape index (κ2) is 2.21. The molecule has 1 aromatic rings. The molecule has 0 saturated heterocycles. The summed E-state index contributed by atoms with van der Waals surface area (Å²) in [6.45, 7) is 0. The van der Waals surface area contributed by atoms with Crippen LogP contribution in [0, 0.1) is 14.9 Å². The van der Waals surface area contributed by atoms with Gasteiger partial charge in [0.25, 0.3) is 0 Å². The van der Waals surface area contributed by atoms with Crippen LogP contribution in [0.15, 0.2) is 12.4 Å². The molecule has 0 bridgehead atoms. The van der Waals surface area contributed by atoms with Crippen molar-refractivity contribution >= 4 is 22.6 Å². The summed E-state index contributed by atoms with van der Waals surface area (Å²) in [6, 6.07) is 2.28. The highest BCUT2D eigenvalue weighted by molar-refractivity contribution is 14.1. The van der Waals surface area contributed by atoms with Crippen molar-refractivity contribution in [2.75, 3.05) is 0 Å². The third kappa shape index (κ3) is 1.03. The Bertz CT molecular complexity index is 319. The van der Waals surface area contributed by atoms with Gasteiger partial charge in [-0.25, -0.2) is 0 Å². The Morgan fingerprint density at radius 1 is 1.73 bits per heavy atom. The van der Waals surface area contributed by atoms with Gasteiger partial charge < -0.3 is 0 Å². The fourth-order valence-electron chi connectivity index (χ4n) is 1.05. The molecular formula is C7H6IN3. The fraction of sp³-hybridized carbons (Fsp3) is 0.429. The lowest BCUT2D eigenvalue weighted by molar-refractivity contribution is 0.536. The SMILES string of the molecule is N#CC1(n2cc(I)cn2)CC1. The second-order valence-electron chi connectivity index (χ2n) is 2.75. The second-order valence-corrected chi connectivity index (χ2v) is 3.99. The summed E-state index contributed by atoms with van der Waals surface area (Å²) in [5.74, 6) is 0. The number of halogens is 1. The van der Waals surface area contributed by atoms with Crippen LogP contribution in [0.25, 0.3) is 0 Å². The molecule has 1 aliphatic carbocycles. The van der Waals surface area contributed by atoms with Crippen molar-refractivity contribution < 1.29 is 0 Å². The lowest BCUT2D eigenvalue weighted by Gasteiger charge is -2.03. The van der Waals surface area contributed by atoms with Crippen molar-refractivity contribution in [3.63, 3.8) is 0 Å². The van der Waals surface area contributed by atoms with E-state index in [0.29, 0.717) is 0 Å². The first-order valence-corrected chi connectivity index (χ1v) is 4.47. The highest BCUT2D eigenvalue weighted by Crippen LogP contribution is 2.42. The van der Waals surface area contributed by atoms with Crippen LogP contribution < -0.4 is 0 Å². The molecule has 0 unspecified atom stereocenters. The molecule has 1 heterocycles. The zero-order valence-corrected chi connectivity index (χ0v) is 7.95. The van der Waals surface area contributed by atoms with E-state index >= 15 is 0 Å². The van der Waals surface area contributed by atoms with Gasteiger partial charge in [0, 0.05) is 6.20 Å². The van der Waals surface area contributed by atoms with Crippen molar-refractivity contribution in [1.82, 2.24) is 9.78 Å². The van der Waals surface area contributed by atoms with Gasteiger partial charge in [-0.1, -0.05) is 0 Å². The van der Waals surface area contributed by atoms with Gasteiger partial charge in [-0.05, 0) is 35.4 Å². The summed E-state index contributed by atoms with van der Waals surface area (Å²) >= 11 is 2.19. The first-order valence-electron chi connectivity index (χ1n) is 3.39. The maximum Gasteiger partial charge on any atom is 0.149 e. The van der Waals surface area contributed by atoms with E-state index in [1.165, 1.54) is 0 Å². The average molecular weight is 259 g/mol. The van der Waals surface area contributed by atoms with E-state index in [1.54, 1.807) is 10.9 Å². The molecule has 0 atom stereocenters. The molecule has 0 aromatic carbocycles. The van der Waals surface area contributed by atoms with Crippen molar-refractivity contribution in [1.29, 1.82) is 5.26 Å². The summed E-state index contributed by atoms with van der Waals surface area (Å²) in [6.07, 6.45) is 5.58. The van der Waals surface area contributed by atoms with Gasteiger partial charge in [-0.2, -0.15) is 10.4 Å². The minimum atomic E-state index is -0.288. The summed E-state index contributed by atoms with van der Waals surface area (Å²) in [5, 5.41) is 12.9. The number of hydrogen-bond acceptors (Lipinski definition) is 2. The number of nitrogens with zero attached hydrogens (tertiary/aromatic N) is 3. The monoisotopic (exact) mass is 259 g/mol. The van der Waals surface area contributed by atoms with E-state index in [2.05, 4.69) is 33.8 Å². The molecule has 4 heteroatoms. The van der Waals surface area contributed by atoms with Gasteiger partial charge in [0.05, 0.1) is 15.8 Å². The van der Waals surface area contributed by atoms with Gasteiger partial charge in [-0.3, -0.25) is 4.68 Å². The molecule has 1 saturated carbocycles. The van der Waals surface area contributed by atoms with Crippen LogP contribution in [-0.2, 0) is 5.54 Å². The molecule has 2 rings (SSSR count). The Hall–Kier alpha value is -0.570. The maximum absolute atomic E-state index is 8.81. The van der Waals surface area contributed by atoms with E-state index in [4.69, 9.17) is 5.26 Å². The third-order valence-electron chi connectivity index (χ3n) is 1.92. The number of nitriles is 1. The lowest BCUT2D eigenvalue weighted by Crippen LogP contribution is -2.14. The minimum absolute atomic E-state index is 0.288. The Morgan fingerprint density at radius 2 is 2.45 bits per heavy atom. The van der Waals surface area contributed by atoms with Crippen LogP contribution >= 0.6 is 22.6 Å². The first-order chi connectivity index (χ1) is 5.27. The highest BCUT2D eigenvalue weighted by atomic mass is 127. The fourth-order valence-corrected chi connectivity index (χ4v) is 1.43. The summed E-state index contributed by atoms with van der Waals surface area (Å²) in [7, 11) is 0. The van der Waals surface area contributed by atoms with Crippen LogP contribution in [0.5, 0.6) is 0 Å². The molecule has 56 valence electrons. The van der Waals surface area contributed by atoms with Crippen LogP contribution in [0.1, 0.15) is 12.8 Å². The predicted octanol–water partition coefficient (Wildman–Crippen LogP) is 1.50. The zero-order valence-electron chi connectivity index (χ0n) is 5.79. The van der Waals surface area contributed by atoms with Gasteiger partial charge in [-0.15, -0.1) is 0 Å². The zero-order chi connectivity index (χ0) is 7.90. The Labute approximate surface area is 78.1 Å². The molecular weight excluding hydrogens is 253 g/mol. The summed E-state index contributed by atoms with van der Waals surface area (Å²) in [5.41, 5.74) is -0.288. The largest absolute Gasteiger partial charge is 0.251 e. The van der Waals surface area contributed by atoms with Crippen molar-refractivity contribution in [2.24, 2.45) is 0 Å². The molecule has 3 nitrogen and oxygen atoms in total. The number of rotatable bonds is 1. The quantitative estimate of drug-likeness (QED) is 0.717. The van der Waals surface area contributed by atoms with Crippen LogP contribution in [0.3, 0.4) is 0 Å². The summed E-state index contributed by atoms with van der Waals surface area (Å²) < 4.78 is 2.86. The van der Waals surface area contributed by atoms with Crippen LogP contribution in [0.2, 0.25) is 0 Å². The molecule has 0 amide bonds. The third-order valence-corrected chi connectivity index (χ3v) is 2.48. The van der Waals surface area contributed by atoms with Crippen LogP contribution in [0.4, 0.5) is 0 Å². The van der Waals surface area contributed by atoms with Crippen molar-refractivity contribution in [3.8, 4) is 6.07 Å². The Balaban J connectivity index is 2.38. The average Bonchev–Trinajstić information content (AvgIpc) is 2.70. The molecule has 1 aliphatic rings. The van der Waals surface area contributed by atoms with E-state index in [9.17, 15) is 0 Å². The molecule has 0 radical (unpaired) electrons. The molecule has 1 aromatic heterocycles. The number of aromatic nitrogens is 2. The highest BCUT2D eigenvalue weighted by Gasteiger charge is 2.46. The van der Waals surface area contributed by atoms with Gasteiger partial charge in [0.1, 0.15) is 5.54 Å². The van der Waals surface area contributed by atoms with Gasteiger partial charge in [0.2, 0.25) is 0 Å². The summed E-state index contributed by atoms with van der Waals surface area (Å²) in [4.78, 5) is 0. The molecule has 0 N–H and O–H groups in total. The van der Waals surface area contributed by atoms with Gasteiger partial charge in [0.15, 0.2) is 0 Å². The first kappa shape index (κ1) is 7.10. The minimum Gasteiger partial charge on any atom is -0.251 e. The van der Waals surface area contributed by atoms with E-state index in [1.807, 2.05) is 6.20 Å². The smallest absolute Gasteiger partial charge is 0.149 e. The lowest BCUT2D eigenvalue weighted by atomic mass is 10.3. The topological polar surface area (TPSA) is 41.6 Å². The number of hydrogen-bond donors (Lipinski definition) is 0.